The van der Waals surface area contributed by atoms with Gasteiger partial charge in [-0.15, -0.1) is 0 Å². The minimum absolute atomic E-state index is 0.0734. The van der Waals surface area contributed by atoms with Gasteiger partial charge in [-0.1, -0.05) is 12.1 Å². The van der Waals surface area contributed by atoms with Gasteiger partial charge in [-0.25, -0.2) is 14.9 Å². The summed E-state index contributed by atoms with van der Waals surface area (Å²) >= 11 is 0. The molecule has 2 aromatic rings. The first-order valence-electron chi connectivity index (χ1n) is 9.78. The van der Waals surface area contributed by atoms with Crippen molar-refractivity contribution in [3.8, 4) is 0 Å². The van der Waals surface area contributed by atoms with Crippen molar-refractivity contribution in [2.75, 3.05) is 18.0 Å². The zero-order valence-corrected chi connectivity index (χ0v) is 16.2. The molecule has 3 saturated heterocycles. The summed E-state index contributed by atoms with van der Waals surface area (Å²) in [6, 6.07) is 10.3. The number of carbonyl (C=O) groups excluding carboxylic acids is 2. The SMILES string of the molecule is O=C1C2C(C(=O)N1c1ccc([N+](=O)[O-])cc1)N1CCCN1C2c1cccc([N+](=O)[O-])c1. The number of nitro benzene ring substituents is 2. The molecule has 3 fully saturated rings. The summed E-state index contributed by atoms with van der Waals surface area (Å²) < 4.78 is 0. The lowest BCUT2D eigenvalue weighted by Crippen LogP contribution is -2.44. The van der Waals surface area contributed by atoms with Gasteiger partial charge in [-0.2, -0.15) is 0 Å². The molecule has 3 atom stereocenters. The lowest BCUT2D eigenvalue weighted by Gasteiger charge is -2.29. The van der Waals surface area contributed by atoms with E-state index < -0.39 is 33.8 Å². The Morgan fingerprint density at radius 3 is 2.10 bits per heavy atom. The zero-order chi connectivity index (χ0) is 21.9. The van der Waals surface area contributed by atoms with Crippen LogP contribution >= 0.6 is 0 Å². The highest BCUT2D eigenvalue weighted by atomic mass is 16.6. The Morgan fingerprint density at radius 2 is 1.45 bits per heavy atom. The summed E-state index contributed by atoms with van der Waals surface area (Å²) in [4.78, 5) is 49.0. The van der Waals surface area contributed by atoms with E-state index in [1.54, 1.807) is 12.1 Å². The molecule has 3 unspecified atom stereocenters. The molecule has 3 aliphatic heterocycles. The molecule has 11 heteroatoms. The Hall–Kier alpha value is -3.70. The smallest absolute Gasteiger partial charge is 0.269 e. The fraction of sp³-hybridized carbons (Fsp3) is 0.300. The Morgan fingerprint density at radius 1 is 0.806 bits per heavy atom. The lowest BCUT2D eigenvalue weighted by molar-refractivity contribution is -0.385. The average molecular weight is 423 g/mol. The normalized spacial score (nSPS) is 25.7. The molecule has 0 saturated carbocycles. The standard InChI is InChI=1S/C20H17N5O6/c26-19-16-17(12-3-1-4-15(11-12)25(30)31)21-9-2-10-22(21)18(16)20(27)23(19)13-5-7-14(8-6-13)24(28)29/h1,3-8,11,16-18H,2,9-10H2. The maximum absolute atomic E-state index is 13.4. The summed E-state index contributed by atoms with van der Waals surface area (Å²) in [5.74, 6) is -1.51. The highest BCUT2D eigenvalue weighted by molar-refractivity contribution is 6.24. The fourth-order valence-electron chi connectivity index (χ4n) is 4.91. The number of imide groups is 1. The second-order valence-electron chi connectivity index (χ2n) is 7.73. The van der Waals surface area contributed by atoms with E-state index in [1.807, 2.05) is 10.0 Å². The van der Waals surface area contributed by atoms with Gasteiger partial charge in [-0.3, -0.25) is 29.8 Å². The third-order valence-electron chi connectivity index (χ3n) is 6.15. The second-order valence-corrected chi connectivity index (χ2v) is 7.73. The van der Waals surface area contributed by atoms with Crippen molar-refractivity contribution in [2.24, 2.45) is 5.92 Å². The number of rotatable bonds is 4. The number of nitrogens with zero attached hydrogens (tertiary/aromatic N) is 5. The van der Waals surface area contributed by atoms with E-state index >= 15 is 0 Å². The van der Waals surface area contributed by atoms with E-state index in [9.17, 15) is 29.8 Å². The topological polar surface area (TPSA) is 130 Å². The molecule has 158 valence electrons. The van der Waals surface area contributed by atoms with E-state index in [0.717, 1.165) is 11.3 Å². The molecule has 31 heavy (non-hydrogen) atoms. The molecule has 0 radical (unpaired) electrons. The molecule has 2 aromatic carbocycles. The van der Waals surface area contributed by atoms with Gasteiger partial charge in [0.05, 0.1) is 27.5 Å². The van der Waals surface area contributed by atoms with Crippen LogP contribution in [0.4, 0.5) is 17.1 Å². The van der Waals surface area contributed by atoms with Crippen molar-refractivity contribution >= 4 is 28.9 Å². The summed E-state index contributed by atoms with van der Waals surface area (Å²) in [7, 11) is 0. The van der Waals surface area contributed by atoms with Crippen molar-refractivity contribution in [3.05, 3.63) is 74.3 Å². The summed E-state index contributed by atoms with van der Waals surface area (Å²) in [6.45, 7) is 1.26. The first kappa shape index (κ1) is 19.3. The van der Waals surface area contributed by atoms with Crippen LogP contribution in [0.15, 0.2) is 48.5 Å². The molecule has 3 heterocycles. The van der Waals surface area contributed by atoms with Gasteiger partial charge in [0.15, 0.2) is 0 Å². The first-order valence-corrected chi connectivity index (χ1v) is 9.78. The summed E-state index contributed by atoms with van der Waals surface area (Å²) in [5.41, 5.74) is 0.678. The van der Waals surface area contributed by atoms with Gasteiger partial charge < -0.3 is 0 Å². The number of hydrogen-bond donors (Lipinski definition) is 0. The van der Waals surface area contributed by atoms with E-state index in [0.29, 0.717) is 18.7 Å². The number of hydrogen-bond acceptors (Lipinski definition) is 8. The monoisotopic (exact) mass is 423 g/mol. The fourth-order valence-corrected chi connectivity index (χ4v) is 4.91. The van der Waals surface area contributed by atoms with Crippen molar-refractivity contribution in [3.63, 3.8) is 0 Å². The largest absolute Gasteiger partial charge is 0.274 e. The van der Waals surface area contributed by atoms with E-state index in [2.05, 4.69) is 0 Å². The minimum atomic E-state index is -0.718. The van der Waals surface area contributed by atoms with Crippen LogP contribution in [0.2, 0.25) is 0 Å². The molecule has 5 rings (SSSR count). The average Bonchev–Trinajstić information content (AvgIpc) is 3.40. The van der Waals surface area contributed by atoms with Crippen LogP contribution in [0.1, 0.15) is 18.0 Å². The molecule has 0 aliphatic carbocycles. The highest BCUT2D eigenvalue weighted by Gasteiger charge is 2.62. The highest BCUT2D eigenvalue weighted by Crippen LogP contribution is 2.49. The number of amides is 2. The molecule has 11 nitrogen and oxygen atoms in total. The van der Waals surface area contributed by atoms with Crippen LogP contribution in [-0.2, 0) is 9.59 Å². The van der Waals surface area contributed by atoms with Gasteiger partial charge in [0.25, 0.3) is 17.3 Å². The molecular formula is C20H17N5O6. The van der Waals surface area contributed by atoms with Gasteiger partial charge >= 0.3 is 0 Å². The summed E-state index contributed by atoms with van der Waals surface area (Å²) in [6.07, 6.45) is 0.813. The van der Waals surface area contributed by atoms with Crippen LogP contribution < -0.4 is 4.90 Å². The van der Waals surface area contributed by atoms with Gasteiger partial charge in [-0.05, 0) is 24.1 Å². The maximum atomic E-state index is 13.4. The molecule has 3 aliphatic rings. The van der Waals surface area contributed by atoms with E-state index in [4.69, 9.17) is 0 Å². The van der Waals surface area contributed by atoms with Gasteiger partial charge in [0, 0.05) is 37.4 Å². The third-order valence-corrected chi connectivity index (χ3v) is 6.15. The molecule has 0 aromatic heterocycles. The van der Waals surface area contributed by atoms with Crippen LogP contribution in [-0.4, -0.2) is 50.8 Å². The van der Waals surface area contributed by atoms with Gasteiger partial charge in [0.2, 0.25) is 5.91 Å². The Kier molecular flexibility index (Phi) is 4.31. The lowest BCUT2D eigenvalue weighted by atomic mass is 9.89. The zero-order valence-electron chi connectivity index (χ0n) is 16.2. The molecular weight excluding hydrogens is 406 g/mol. The molecule has 2 amide bonds. The number of carbonyl (C=O) groups is 2. The number of benzene rings is 2. The number of nitro groups is 2. The Balaban J connectivity index is 1.55. The van der Waals surface area contributed by atoms with E-state index in [1.165, 1.54) is 36.4 Å². The third kappa shape index (κ3) is 2.81. The minimum Gasteiger partial charge on any atom is -0.274 e. The van der Waals surface area contributed by atoms with Crippen LogP contribution in [0.3, 0.4) is 0 Å². The van der Waals surface area contributed by atoms with Crippen molar-refractivity contribution in [1.29, 1.82) is 0 Å². The Bertz CT molecular complexity index is 1120. The predicted molar refractivity (Wildman–Crippen MR) is 107 cm³/mol. The Labute approximate surface area is 175 Å². The van der Waals surface area contributed by atoms with Crippen molar-refractivity contribution < 1.29 is 19.4 Å². The maximum Gasteiger partial charge on any atom is 0.269 e. The van der Waals surface area contributed by atoms with Crippen LogP contribution in [0.5, 0.6) is 0 Å². The first-order chi connectivity index (χ1) is 14.9. The predicted octanol–water partition coefficient (Wildman–Crippen LogP) is 2.04. The van der Waals surface area contributed by atoms with Crippen molar-refractivity contribution in [2.45, 2.75) is 18.5 Å². The second kappa shape index (κ2) is 6.93. The number of hydrazine groups is 1. The molecule has 0 N–H and O–H groups in total. The number of non-ortho nitro benzene ring substituents is 2. The quantitative estimate of drug-likeness (QED) is 0.415. The molecule has 0 bridgehead atoms. The molecule has 0 spiro atoms. The number of anilines is 1. The van der Waals surface area contributed by atoms with Crippen LogP contribution in [0, 0.1) is 26.1 Å². The summed E-state index contributed by atoms with van der Waals surface area (Å²) in [5, 5.41) is 26.0. The van der Waals surface area contributed by atoms with Crippen molar-refractivity contribution in [1.82, 2.24) is 10.0 Å². The van der Waals surface area contributed by atoms with Gasteiger partial charge in [0.1, 0.15) is 6.04 Å². The van der Waals surface area contributed by atoms with E-state index in [-0.39, 0.29) is 23.0 Å². The number of fused-ring (bicyclic) bond motifs is 3. The van der Waals surface area contributed by atoms with Crippen LogP contribution in [0.25, 0.3) is 0 Å².